The quantitative estimate of drug-likeness (QED) is 0.362. The van der Waals surface area contributed by atoms with Crippen LogP contribution in [0, 0.1) is 17.0 Å². The Morgan fingerprint density at radius 1 is 1.27 bits per heavy atom. The number of nitro groups is 1. The van der Waals surface area contributed by atoms with Gasteiger partial charge in [-0.05, 0) is 42.9 Å². The van der Waals surface area contributed by atoms with Gasteiger partial charge in [-0.3, -0.25) is 20.2 Å². The topological polar surface area (TPSA) is 93.5 Å². The highest BCUT2D eigenvalue weighted by Gasteiger charge is 2.15. The van der Waals surface area contributed by atoms with Crippen LogP contribution in [0.4, 0.5) is 11.4 Å². The minimum atomic E-state index is -0.513. The number of hydrogen-bond acceptors (Lipinski definition) is 5. The number of hydrogen-bond donors (Lipinski definition) is 2. The van der Waals surface area contributed by atoms with E-state index in [1.54, 1.807) is 38.3 Å². The molecule has 0 atom stereocenters. The predicted molar refractivity (Wildman–Crippen MR) is 104 cm³/mol. The number of nitro benzene ring substituents is 1. The summed E-state index contributed by atoms with van der Waals surface area (Å²) in [5.74, 6) is 0.163. The van der Waals surface area contributed by atoms with Crippen LogP contribution in [0.3, 0.4) is 0 Å². The van der Waals surface area contributed by atoms with Crippen LogP contribution in [0.25, 0.3) is 6.08 Å². The number of benzene rings is 2. The lowest BCUT2D eigenvalue weighted by Crippen LogP contribution is -2.33. The number of methoxy groups -OCH3 is 1. The molecule has 134 valence electrons. The van der Waals surface area contributed by atoms with Gasteiger partial charge in [-0.15, -0.1) is 0 Å². The molecule has 0 aliphatic carbocycles. The maximum atomic E-state index is 12.0. The van der Waals surface area contributed by atoms with E-state index < -0.39 is 10.8 Å². The lowest BCUT2D eigenvalue weighted by Gasteiger charge is -2.09. The summed E-state index contributed by atoms with van der Waals surface area (Å²) in [5.41, 5.74) is 1.57. The van der Waals surface area contributed by atoms with Gasteiger partial charge in [0.2, 0.25) is 5.91 Å². The molecule has 7 nitrogen and oxygen atoms in total. The average Bonchev–Trinajstić information content (AvgIpc) is 2.61. The molecule has 2 rings (SSSR count). The first-order chi connectivity index (χ1) is 12.4. The molecule has 0 fully saturated rings. The molecule has 0 aliphatic rings. The van der Waals surface area contributed by atoms with Crippen molar-refractivity contribution in [2.75, 3.05) is 12.4 Å². The second kappa shape index (κ2) is 8.72. The Morgan fingerprint density at radius 3 is 2.69 bits per heavy atom. The molecule has 0 unspecified atom stereocenters. The zero-order valence-corrected chi connectivity index (χ0v) is 15.0. The summed E-state index contributed by atoms with van der Waals surface area (Å²) in [7, 11) is 1.54. The van der Waals surface area contributed by atoms with Gasteiger partial charge in [-0.1, -0.05) is 24.3 Å². The zero-order valence-electron chi connectivity index (χ0n) is 14.2. The molecule has 26 heavy (non-hydrogen) atoms. The molecule has 0 saturated heterocycles. The molecule has 0 radical (unpaired) electrons. The number of carbonyl (C=O) groups excluding carboxylic acids is 1. The van der Waals surface area contributed by atoms with E-state index >= 15 is 0 Å². The Hall–Kier alpha value is -3.26. The number of aryl methyl sites for hydroxylation is 1. The third-order valence-electron chi connectivity index (χ3n) is 3.39. The summed E-state index contributed by atoms with van der Waals surface area (Å²) >= 11 is 5.05. The highest BCUT2D eigenvalue weighted by molar-refractivity contribution is 7.80. The van der Waals surface area contributed by atoms with E-state index in [9.17, 15) is 14.9 Å². The summed E-state index contributed by atoms with van der Waals surface area (Å²) in [6, 6.07) is 11.9. The van der Waals surface area contributed by atoms with Crippen molar-refractivity contribution >= 4 is 40.7 Å². The Bertz CT molecular complexity index is 880. The van der Waals surface area contributed by atoms with Crippen LogP contribution in [0.1, 0.15) is 11.1 Å². The molecule has 0 spiro atoms. The number of rotatable bonds is 5. The van der Waals surface area contributed by atoms with Crippen molar-refractivity contribution in [2.24, 2.45) is 0 Å². The molecular weight excluding hydrogens is 354 g/mol. The van der Waals surface area contributed by atoms with Gasteiger partial charge in [-0.2, -0.15) is 0 Å². The van der Waals surface area contributed by atoms with Crippen LogP contribution in [0.15, 0.2) is 48.5 Å². The summed E-state index contributed by atoms with van der Waals surface area (Å²) in [6.07, 6.45) is 2.89. The fourth-order valence-corrected chi connectivity index (χ4v) is 2.39. The van der Waals surface area contributed by atoms with Crippen LogP contribution >= 0.6 is 12.2 Å². The van der Waals surface area contributed by atoms with Crippen molar-refractivity contribution in [3.8, 4) is 5.75 Å². The van der Waals surface area contributed by atoms with E-state index in [1.165, 1.54) is 18.2 Å². The van der Waals surface area contributed by atoms with Crippen LogP contribution in [-0.2, 0) is 4.79 Å². The largest absolute Gasteiger partial charge is 0.496 e. The number of nitrogens with one attached hydrogen (secondary N) is 2. The monoisotopic (exact) mass is 371 g/mol. The van der Waals surface area contributed by atoms with Crippen LogP contribution in [0.2, 0.25) is 0 Å². The Labute approximate surface area is 155 Å². The normalized spacial score (nSPS) is 10.4. The Balaban J connectivity index is 2.03. The number of amides is 1. The smallest absolute Gasteiger partial charge is 0.292 e. The lowest BCUT2D eigenvalue weighted by atomic mass is 10.2. The maximum absolute atomic E-state index is 12.0. The lowest BCUT2D eigenvalue weighted by molar-refractivity contribution is -0.383. The second-order valence-corrected chi connectivity index (χ2v) is 5.70. The molecule has 2 aromatic carbocycles. The fourth-order valence-electron chi connectivity index (χ4n) is 2.18. The molecular formula is C18H17N3O4S. The van der Waals surface area contributed by atoms with E-state index in [0.717, 1.165) is 11.1 Å². The van der Waals surface area contributed by atoms with Gasteiger partial charge in [0.15, 0.2) is 5.11 Å². The number of thiocarbonyl (C=S) groups is 1. The third kappa shape index (κ3) is 5.12. The van der Waals surface area contributed by atoms with Crippen molar-refractivity contribution in [3.05, 3.63) is 69.8 Å². The van der Waals surface area contributed by atoms with Gasteiger partial charge >= 0.3 is 0 Å². The number of carbonyl (C=O) groups is 1. The first kappa shape index (κ1) is 19.1. The van der Waals surface area contributed by atoms with Gasteiger partial charge in [0, 0.05) is 17.7 Å². The van der Waals surface area contributed by atoms with E-state index in [4.69, 9.17) is 17.0 Å². The fraction of sp³-hybridized carbons (Fsp3) is 0.111. The average molecular weight is 371 g/mol. The van der Waals surface area contributed by atoms with Gasteiger partial charge in [-0.25, -0.2) is 0 Å². The molecule has 1 amide bonds. The summed E-state index contributed by atoms with van der Waals surface area (Å²) in [6.45, 7) is 1.75. The molecule has 8 heteroatoms. The highest BCUT2D eigenvalue weighted by Crippen LogP contribution is 2.25. The molecule has 0 bridgehead atoms. The zero-order chi connectivity index (χ0) is 19.1. The van der Waals surface area contributed by atoms with Gasteiger partial charge in [0.1, 0.15) is 11.4 Å². The van der Waals surface area contributed by atoms with Crippen molar-refractivity contribution in [2.45, 2.75) is 6.92 Å². The van der Waals surface area contributed by atoms with Crippen molar-refractivity contribution < 1.29 is 14.5 Å². The first-order valence-electron chi connectivity index (χ1n) is 7.59. The predicted octanol–water partition coefficient (Wildman–Crippen LogP) is 3.44. The summed E-state index contributed by atoms with van der Waals surface area (Å²) < 4.78 is 5.20. The third-order valence-corrected chi connectivity index (χ3v) is 3.59. The van der Waals surface area contributed by atoms with Crippen LogP contribution in [0.5, 0.6) is 5.75 Å². The van der Waals surface area contributed by atoms with E-state index in [1.807, 2.05) is 12.1 Å². The summed E-state index contributed by atoms with van der Waals surface area (Å²) in [4.78, 5) is 22.6. The minimum Gasteiger partial charge on any atom is -0.496 e. The Kier molecular flexibility index (Phi) is 6.40. The van der Waals surface area contributed by atoms with Crippen molar-refractivity contribution in [1.82, 2.24) is 5.32 Å². The second-order valence-electron chi connectivity index (χ2n) is 5.30. The minimum absolute atomic E-state index is 0.0355. The SMILES string of the molecule is COc1ccccc1/C=C/C(=O)NC(=S)Nc1ccc(C)cc1[N+](=O)[O-]. The van der Waals surface area contributed by atoms with Gasteiger partial charge in [0.05, 0.1) is 12.0 Å². The number of para-hydroxylation sites is 1. The van der Waals surface area contributed by atoms with Crippen molar-refractivity contribution in [3.63, 3.8) is 0 Å². The molecule has 0 aromatic heterocycles. The first-order valence-corrected chi connectivity index (χ1v) is 7.99. The molecule has 2 aromatic rings. The highest BCUT2D eigenvalue weighted by atomic mass is 32.1. The van der Waals surface area contributed by atoms with E-state index in [-0.39, 0.29) is 16.5 Å². The van der Waals surface area contributed by atoms with Gasteiger partial charge in [0.25, 0.3) is 5.69 Å². The maximum Gasteiger partial charge on any atom is 0.292 e. The van der Waals surface area contributed by atoms with Gasteiger partial charge < -0.3 is 10.1 Å². The molecule has 0 heterocycles. The van der Waals surface area contributed by atoms with E-state index in [2.05, 4.69) is 10.6 Å². The molecule has 0 aliphatic heterocycles. The standard InChI is InChI=1S/C18H17N3O4S/c1-12-7-9-14(15(11-12)21(23)24)19-18(26)20-17(22)10-8-13-5-3-4-6-16(13)25-2/h3-11H,1-2H3,(H2,19,20,22,26)/b10-8+. The Morgan fingerprint density at radius 2 is 2.00 bits per heavy atom. The summed E-state index contributed by atoms with van der Waals surface area (Å²) in [5, 5.41) is 16.2. The van der Waals surface area contributed by atoms with E-state index in [0.29, 0.717) is 5.75 Å². The van der Waals surface area contributed by atoms with Crippen LogP contribution in [-0.4, -0.2) is 23.1 Å². The van der Waals surface area contributed by atoms with Crippen molar-refractivity contribution in [1.29, 1.82) is 0 Å². The number of nitrogens with zero attached hydrogens (tertiary/aromatic N) is 1. The molecule has 2 N–H and O–H groups in total. The molecule has 0 saturated carbocycles. The van der Waals surface area contributed by atoms with Crippen LogP contribution < -0.4 is 15.4 Å². The number of anilines is 1. The number of ether oxygens (including phenoxy) is 1.